The van der Waals surface area contributed by atoms with E-state index < -0.39 is 0 Å². The molecule has 124 valence electrons. The second kappa shape index (κ2) is 6.85. The van der Waals surface area contributed by atoms with Crippen molar-refractivity contribution < 1.29 is 4.79 Å². The predicted molar refractivity (Wildman–Crippen MR) is 98.4 cm³/mol. The van der Waals surface area contributed by atoms with Gasteiger partial charge >= 0.3 is 0 Å². The number of nitrogens with one attached hydrogen (secondary N) is 1. The molecule has 0 saturated carbocycles. The quantitative estimate of drug-likeness (QED) is 0.661. The van der Waals surface area contributed by atoms with Crippen LogP contribution in [0, 0.1) is 18.3 Å². The molecule has 5 nitrogen and oxygen atoms in total. The van der Waals surface area contributed by atoms with Crippen LogP contribution in [0.5, 0.6) is 0 Å². The van der Waals surface area contributed by atoms with E-state index in [4.69, 9.17) is 11.0 Å². The number of hydrogen-bond acceptors (Lipinski definition) is 5. The molecule has 1 amide bonds. The van der Waals surface area contributed by atoms with Crippen LogP contribution in [0.15, 0.2) is 29.4 Å². The zero-order chi connectivity index (χ0) is 17.9. The van der Waals surface area contributed by atoms with Crippen molar-refractivity contribution in [2.45, 2.75) is 33.1 Å². The lowest BCUT2D eigenvalue weighted by atomic mass is 9.87. The molecule has 0 spiro atoms. The van der Waals surface area contributed by atoms with Crippen molar-refractivity contribution in [3.63, 3.8) is 0 Å². The van der Waals surface area contributed by atoms with Crippen LogP contribution in [0.3, 0.4) is 0 Å². The molecule has 0 atom stereocenters. The minimum atomic E-state index is -0.367. The number of nitriles is 1. The third-order valence-electron chi connectivity index (χ3n) is 3.65. The Hall–Kier alpha value is -2.65. The van der Waals surface area contributed by atoms with Crippen molar-refractivity contribution in [1.82, 2.24) is 5.43 Å². The third kappa shape index (κ3) is 3.81. The summed E-state index contributed by atoms with van der Waals surface area (Å²) in [6, 6.07) is 10.0. The van der Waals surface area contributed by atoms with E-state index in [-0.39, 0.29) is 11.3 Å². The lowest BCUT2D eigenvalue weighted by Gasteiger charge is -2.18. The topological polar surface area (TPSA) is 91.3 Å². The lowest BCUT2D eigenvalue weighted by Crippen LogP contribution is -2.17. The summed E-state index contributed by atoms with van der Waals surface area (Å²) < 4.78 is 0. The fourth-order valence-electron chi connectivity index (χ4n) is 2.18. The number of hydrogen-bond donors (Lipinski definition) is 2. The van der Waals surface area contributed by atoms with Gasteiger partial charge in [-0.25, -0.2) is 5.43 Å². The van der Waals surface area contributed by atoms with E-state index in [1.54, 1.807) is 13.1 Å². The molecule has 0 unspecified atom stereocenters. The number of carbonyl (C=O) groups is 1. The maximum Gasteiger partial charge on any atom is 0.281 e. The highest BCUT2D eigenvalue weighted by atomic mass is 32.1. The summed E-state index contributed by atoms with van der Waals surface area (Å²) in [6.07, 6.45) is 1.59. The number of amides is 1. The van der Waals surface area contributed by atoms with Crippen LogP contribution >= 0.6 is 11.3 Å². The molecule has 1 aromatic heterocycles. The molecular weight excluding hydrogens is 320 g/mol. The highest BCUT2D eigenvalue weighted by Crippen LogP contribution is 2.29. The second-order valence-corrected chi connectivity index (χ2v) is 7.53. The molecule has 2 aromatic rings. The van der Waals surface area contributed by atoms with Crippen molar-refractivity contribution >= 4 is 28.5 Å². The van der Waals surface area contributed by atoms with Gasteiger partial charge in [0.15, 0.2) is 0 Å². The van der Waals surface area contributed by atoms with Gasteiger partial charge in [-0.15, -0.1) is 11.3 Å². The maximum atomic E-state index is 12.1. The number of rotatable bonds is 3. The van der Waals surface area contributed by atoms with Crippen LogP contribution in [0.25, 0.3) is 0 Å². The van der Waals surface area contributed by atoms with Gasteiger partial charge in [-0.3, -0.25) is 4.79 Å². The fourth-order valence-corrected chi connectivity index (χ4v) is 3.09. The maximum absolute atomic E-state index is 12.1. The minimum absolute atomic E-state index is 0.0962. The summed E-state index contributed by atoms with van der Waals surface area (Å²) in [5.41, 5.74) is 11.4. The van der Waals surface area contributed by atoms with Gasteiger partial charge < -0.3 is 5.73 Å². The second-order valence-electron chi connectivity index (χ2n) is 6.48. The number of thiophene rings is 1. The van der Waals surface area contributed by atoms with Crippen LogP contribution in [0.4, 0.5) is 5.00 Å². The molecule has 0 fully saturated rings. The summed E-state index contributed by atoms with van der Waals surface area (Å²) in [7, 11) is 0. The van der Waals surface area contributed by atoms with Crippen molar-refractivity contribution in [2.75, 3.05) is 5.73 Å². The van der Waals surface area contributed by atoms with E-state index in [1.165, 1.54) is 5.56 Å². The molecule has 0 aliphatic carbocycles. The zero-order valence-corrected chi connectivity index (χ0v) is 15.0. The Balaban J connectivity index is 2.07. The zero-order valence-electron chi connectivity index (χ0n) is 14.2. The molecule has 1 aromatic carbocycles. The summed E-state index contributed by atoms with van der Waals surface area (Å²) >= 11 is 1.09. The summed E-state index contributed by atoms with van der Waals surface area (Å²) in [4.78, 5) is 12.6. The van der Waals surface area contributed by atoms with Gasteiger partial charge in [0, 0.05) is 0 Å². The van der Waals surface area contributed by atoms with E-state index >= 15 is 0 Å². The molecular formula is C18H20N4OS. The molecule has 1 heterocycles. The number of nitrogen functional groups attached to an aromatic ring is 1. The molecule has 24 heavy (non-hydrogen) atoms. The number of nitrogens with two attached hydrogens (primary N) is 1. The Labute approximate surface area is 145 Å². The van der Waals surface area contributed by atoms with E-state index in [0.717, 1.165) is 16.9 Å². The van der Waals surface area contributed by atoms with Gasteiger partial charge in [0.2, 0.25) is 0 Å². The highest BCUT2D eigenvalue weighted by Gasteiger charge is 2.18. The Morgan fingerprint density at radius 3 is 2.46 bits per heavy atom. The summed E-state index contributed by atoms with van der Waals surface area (Å²) in [6.45, 7) is 8.16. The fraction of sp³-hybridized carbons (Fsp3) is 0.278. The number of carbonyl (C=O) groups excluding carboxylic acids is 1. The number of anilines is 1. The Morgan fingerprint density at radius 2 is 1.96 bits per heavy atom. The van der Waals surface area contributed by atoms with E-state index in [2.05, 4.69) is 31.3 Å². The number of hydrazone groups is 1. The molecule has 0 bridgehead atoms. The SMILES string of the molecule is Cc1c(C(=O)N/N=C\c2ccc(C(C)(C)C)cc2)sc(N)c1C#N. The van der Waals surface area contributed by atoms with E-state index in [1.807, 2.05) is 30.3 Å². The standard InChI is InChI=1S/C18H20N4OS/c1-11-14(9-19)16(20)24-15(11)17(23)22-21-10-12-5-7-13(8-6-12)18(2,3)4/h5-8,10H,20H2,1-4H3,(H,22,23)/b21-10-. The molecule has 0 aliphatic rings. The van der Waals surface area contributed by atoms with Crippen molar-refractivity contribution in [1.29, 1.82) is 5.26 Å². The van der Waals surface area contributed by atoms with Gasteiger partial charge in [0.05, 0.1) is 11.8 Å². The minimum Gasteiger partial charge on any atom is -0.389 e. The molecule has 0 radical (unpaired) electrons. The van der Waals surface area contributed by atoms with Gasteiger partial charge in [-0.05, 0) is 29.0 Å². The highest BCUT2D eigenvalue weighted by molar-refractivity contribution is 7.18. The van der Waals surface area contributed by atoms with E-state index in [9.17, 15) is 4.79 Å². The molecule has 3 N–H and O–H groups in total. The normalized spacial score (nSPS) is 11.5. The number of nitrogens with zero attached hydrogens (tertiary/aromatic N) is 2. The summed E-state index contributed by atoms with van der Waals surface area (Å²) in [5.74, 6) is -0.367. The van der Waals surface area contributed by atoms with Crippen LogP contribution < -0.4 is 11.2 Å². The molecule has 6 heteroatoms. The Morgan fingerprint density at radius 1 is 1.33 bits per heavy atom. The molecule has 0 aliphatic heterocycles. The lowest BCUT2D eigenvalue weighted by molar-refractivity contribution is 0.0958. The van der Waals surface area contributed by atoms with Crippen LogP contribution in [-0.2, 0) is 5.41 Å². The Kier molecular flexibility index (Phi) is 5.05. The Bertz CT molecular complexity index is 820. The average molecular weight is 340 g/mol. The van der Waals surface area contributed by atoms with E-state index in [0.29, 0.717) is 21.0 Å². The first-order valence-electron chi connectivity index (χ1n) is 7.47. The number of benzene rings is 1. The van der Waals surface area contributed by atoms with Gasteiger partial charge in [-0.2, -0.15) is 10.4 Å². The largest absolute Gasteiger partial charge is 0.389 e. The molecule has 0 saturated heterocycles. The average Bonchev–Trinajstić information content (AvgIpc) is 2.81. The van der Waals surface area contributed by atoms with Crippen LogP contribution in [0.1, 0.15) is 52.7 Å². The summed E-state index contributed by atoms with van der Waals surface area (Å²) in [5, 5.41) is 13.3. The van der Waals surface area contributed by atoms with Crippen molar-refractivity contribution in [3.8, 4) is 6.07 Å². The van der Waals surface area contributed by atoms with Crippen LogP contribution in [-0.4, -0.2) is 12.1 Å². The first-order valence-corrected chi connectivity index (χ1v) is 8.28. The smallest absolute Gasteiger partial charge is 0.281 e. The van der Waals surface area contributed by atoms with Crippen LogP contribution in [0.2, 0.25) is 0 Å². The predicted octanol–water partition coefficient (Wildman–Crippen LogP) is 3.57. The monoisotopic (exact) mass is 340 g/mol. The van der Waals surface area contributed by atoms with Gasteiger partial charge in [-0.1, -0.05) is 45.0 Å². The van der Waals surface area contributed by atoms with Gasteiger partial charge in [0.1, 0.15) is 15.9 Å². The third-order valence-corrected chi connectivity index (χ3v) is 4.77. The van der Waals surface area contributed by atoms with Gasteiger partial charge in [0.25, 0.3) is 5.91 Å². The molecule has 2 rings (SSSR count). The van der Waals surface area contributed by atoms with Crippen molar-refractivity contribution in [3.05, 3.63) is 51.4 Å². The van der Waals surface area contributed by atoms with Crippen molar-refractivity contribution in [2.24, 2.45) is 5.10 Å². The first kappa shape index (κ1) is 17.7. The first-order chi connectivity index (χ1) is 11.2.